The van der Waals surface area contributed by atoms with Crippen molar-refractivity contribution in [3.63, 3.8) is 0 Å². The van der Waals surface area contributed by atoms with Crippen LogP contribution >= 0.6 is 15.9 Å². The van der Waals surface area contributed by atoms with E-state index in [2.05, 4.69) is 31.3 Å². The summed E-state index contributed by atoms with van der Waals surface area (Å²) in [6, 6.07) is 4.97. The molecule has 0 saturated carbocycles. The first-order chi connectivity index (χ1) is 7.66. The van der Waals surface area contributed by atoms with Crippen LogP contribution in [-0.2, 0) is 6.42 Å². The Bertz CT molecular complexity index is 470. The van der Waals surface area contributed by atoms with Gasteiger partial charge in [-0.2, -0.15) is 15.4 Å². The molecule has 1 unspecified atom stereocenters. The Labute approximate surface area is 101 Å². The van der Waals surface area contributed by atoms with Crippen LogP contribution in [0.4, 0.5) is 4.39 Å². The zero-order valence-corrected chi connectivity index (χ0v) is 10.3. The lowest BCUT2D eigenvalue weighted by atomic mass is 9.96. The fraction of sp³-hybridized carbons (Fsp3) is 0.273. The molecule has 1 aromatic carbocycles. The molecule has 0 radical (unpaired) electrons. The van der Waals surface area contributed by atoms with Crippen LogP contribution in [0.25, 0.3) is 0 Å². The maximum absolute atomic E-state index is 13.6. The first kappa shape index (κ1) is 11.3. The Morgan fingerprint density at radius 1 is 1.50 bits per heavy atom. The molecule has 0 saturated heterocycles. The minimum Gasteiger partial charge on any atom is -0.207 e. The molecule has 0 spiro atoms. The number of hydrogen-bond donors (Lipinski definition) is 1. The molecule has 0 aliphatic rings. The van der Waals surface area contributed by atoms with Crippen molar-refractivity contribution < 1.29 is 4.39 Å². The van der Waals surface area contributed by atoms with E-state index in [1.807, 2.05) is 6.92 Å². The van der Waals surface area contributed by atoms with Crippen molar-refractivity contribution in [2.75, 3.05) is 0 Å². The molecular weight excluding hydrogens is 273 g/mol. The molecule has 0 bridgehead atoms. The molecule has 5 heteroatoms. The van der Waals surface area contributed by atoms with Gasteiger partial charge in [0.2, 0.25) is 0 Å². The fourth-order valence-corrected chi connectivity index (χ4v) is 2.02. The van der Waals surface area contributed by atoms with Crippen molar-refractivity contribution in [1.82, 2.24) is 15.4 Å². The van der Waals surface area contributed by atoms with E-state index in [-0.39, 0.29) is 11.7 Å². The second-order valence-electron chi connectivity index (χ2n) is 3.73. The molecule has 84 valence electrons. The summed E-state index contributed by atoms with van der Waals surface area (Å²) in [5, 5.41) is 10.2. The third-order valence-corrected chi connectivity index (χ3v) is 2.96. The van der Waals surface area contributed by atoms with E-state index in [1.54, 1.807) is 18.3 Å². The highest BCUT2D eigenvalue weighted by atomic mass is 79.9. The standard InChI is InChI=1S/C11H11BrFN3/c1-7(4-9-6-14-16-15-9)10-5-8(12)2-3-11(10)13/h2-3,5-7H,4H2,1H3,(H,14,15,16). The predicted molar refractivity (Wildman–Crippen MR) is 62.6 cm³/mol. The van der Waals surface area contributed by atoms with Gasteiger partial charge in [-0.1, -0.05) is 22.9 Å². The third-order valence-electron chi connectivity index (χ3n) is 2.47. The smallest absolute Gasteiger partial charge is 0.126 e. The van der Waals surface area contributed by atoms with Crippen LogP contribution in [0.3, 0.4) is 0 Å². The summed E-state index contributed by atoms with van der Waals surface area (Å²) in [6.45, 7) is 1.97. The second kappa shape index (κ2) is 4.74. The second-order valence-corrected chi connectivity index (χ2v) is 4.65. The number of rotatable bonds is 3. The SMILES string of the molecule is CC(Cc1cn[nH]n1)c1cc(Br)ccc1F. The van der Waals surface area contributed by atoms with E-state index in [0.717, 1.165) is 10.2 Å². The van der Waals surface area contributed by atoms with Gasteiger partial charge in [-0.15, -0.1) is 0 Å². The molecule has 2 rings (SSSR count). The summed E-state index contributed by atoms with van der Waals surface area (Å²) < 4.78 is 14.5. The quantitative estimate of drug-likeness (QED) is 0.941. The minimum absolute atomic E-state index is 0.0719. The van der Waals surface area contributed by atoms with E-state index in [4.69, 9.17) is 0 Å². The Balaban J connectivity index is 2.20. The number of nitrogens with zero attached hydrogens (tertiary/aromatic N) is 2. The number of nitrogens with one attached hydrogen (secondary N) is 1. The van der Waals surface area contributed by atoms with Crippen LogP contribution in [-0.4, -0.2) is 15.4 Å². The number of aromatic nitrogens is 3. The number of hydrogen-bond acceptors (Lipinski definition) is 2. The monoisotopic (exact) mass is 283 g/mol. The molecule has 0 fully saturated rings. The lowest BCUT2D eigenvalue weighted by molar-refractivity contribution is 0.585. The zero-order valence-electron chi connectivity index (χ0n) is 8.74. The van der Waals surface area contributed by atoms with Gasteiger partial charge in [0.15, 0.2) is 0 Å². The van der Waals surface area contributed by atoms with E-state index < -0.39 is 0 Å². The molecule has 0 aliphatic heterocycles. The van der Waals surface area contributed by atoms with Crippen molar-refractivity contribution >= 4 is 15.9 Å². The number of H-pyrrole nitrogens is 1. The molecule has 1 heterocycles. The van der Waals surface area contributed by atoms with Gasteiger partial charge in [-0.3, -0.25) is 0 Å². The van der Waals surface area contributed by atoms with Crippen molar-refractivity contribution in [2.45, 2.75) is 19.3 Å². The van der Waals surface area contributed by atoms with Gasteiger partial charge < -0.3 is 0 Å². The average molecular weight is 284 g/mol. The normalized spacial score (nSPS) is 12.7. The molecule has 0 amide bonds. The molecule has 16 heavy (non-hydrogen) atoms. The Hall–Kier alpha value is -1.23. The largest absolute Gasteiger partial charge is 0.207 e. The van der Waals surface area contributed by atoms with Crippen molar-refractivity contribution in [3.05, 3.63) is 45.9 Å². The molecule has 1 N–H and O–H groups in total. The first-order valence-electron chi connectivity index (χ1n) is 4.96. The molecule has 1 aromatic heterocycles. The summed E-state index contributed by atoms with van der Waals surface area (Å²) in [5.41, 5.74) is 1.53. The summed E-state index contributed by atoms with van der Waals surface area (Å²) in [5.74, 6) is -0.109. The molecular formula is C11H11BrFN3. The number of halogens is 2. The highest BCUT2D eigenvalue weighted by Crippen LogP contribution is 2.25. The highest BCUT2D eigenvalue weighted by molar-refractivity contribution is 9.10. The van der Waals surface area contributed by atoms with E-state index in [0.29, 0.717) is 12.0 Å². The van der Waals surface area contributed by atoms with Crippen molar-refractivity contribution in [2.24, 2.45) is 0 Å². The average Bonchev–Trinajstić information content (AvgIpc) is 2.74. The van der Waals surface area contributed by atoms with Gasteiger partial charge in [-0.05, 0) is 36.1 Å². The predicted octanol–water partition coefficient (Wildman–Crippen LogP) is 3.05. The van der Waals surface area contributed by atoms with Crippen LogP contribution in [0.5, 0.6) is 0 Å². The maximum Gasteiger partial charge on any atom is 0.126 e. The highest BCUT2D eigenvalue weighted by Gasteiger charge is 2.13. The Morgan fingerprint density at radius 2 is 2.31 bits per heavy atom. The summed E-state index contributed by atoms with van der Waals surface area (Å²) in [4.78, 5) is 0. The minimum atomic E-state index is -0.181. The summed E-state index contributed by atoms with van der Waals surface area (Å²) in [6.07, 6.45) is 2.33. The van der Waals surface area contributed by atoms with E-state index >= 15 is 0 Å². The van der Waals surface area contributed by atoms with Gasteiger partial charge in [0.05, 0.1) is 11.9 Å². The van der Waals surface area contributed by atoms with Crippen LogP contribution < -0.4 is 0 Å². The summed E-state index contributed by atoms with van der Waals surface area (Å²) >= 11 is 3.34. The zero-order chi connectivity index (χ0) is 11.5. The summed E-state index contributed by atoms with van der Waals surface area (Å²) in [7, 11) is 0. The van der Waals surface area contributed by atoms with Crippen LogP contribution in [0, 0.1) is 5.82 Å². The van der Waals surface area contributed by atoms with Crippen LogP contribution in [0.15, 0.2) is 28.9 Å². The Kier molecular flexibility index (Phi) is 3.33. The number of aromatic amines is 1. The van der Waals surface area contributed by atoms with Gasteiger partial charge in [-0.25, -0.2) is 4.39 Å². The van der Waals surface area contributed by atoms with Gasteiger partial charge in [0, 0.05) is 4.47 Å². The molecule has 1 atom stereocenters. The van der Waals surface area contributed by atoms with E-state index in [1.165, 1.54) is 6.07 Å². The van der Waals surface area contributed by atoms with E-state index in [9.17, 15) is 4.39 Å². The van der Waals surface area contributed by atoms with Gasteiger partial charge >= 0.3 is 0 Å². The lowest BCUT2D eigenvalue weighted by Crippen LogP contribution is -2.01. The lowest BCUT2D eigenvalue weighted by Gasteiger charge is -2.11. The van der Waals surface area contributed by atoms with Crippen molar-refractivity contribution in [1.29, 1.82) is 0 Å². The molecule has 2 aromatic rings. The first-order valence-corrected chi connectivity index (χ1v) is 5.75. The maximum atomic E-state index is 13.6. The molecule has 0 aliphatic carbocycles. The third kappa shape index (κ3) is 2.47. The fourth-order valence-electron chi connectivity index (χ4n) is 1.64. The van der Waals surface area contributed by atoms with Crippen LogP contribution in [0.1, 0.15) is 24.1 Å². The van der Waals surface area contributed by atoms with Gasteiger partial charge in [0.1, 0.15) is 5.82 Å². The number of benzene rings is 1. The van der Waals surface area contributed by atoms with Crippen molar-refractivity contribution in [3.8, 4) is 0 Å². The topological polar surface area (TPSA) is 41.6 Å². The molecule has 3 nitrogen and oxygen atoms in total. The van der Waals surface area contributed by atoms with Gasteiger partial charge in [0.25, 0.3) is 0 Å². The Morgan fingerprint density at radius 3 is 3.00 bits per heavy atom. The van der Waals surface area contributed by atoms with Crippen LogP contribution in [0.2, 0.25) is 0 Å².